The number of carbonyl (C=O) groups excluding carboxylic acids is 2. The van der Waals surface area contributed by atoms with E-state index in [-0.39, 0.29) is 18.6 Å². The maximum Gasteiger partial charge on any atom is 0.340 e. The standard InChI is InChI=1S/C24H26N2O3/c1-16(13-14-19-9-5-4-6-10-19)25-22(27)15-29-24(28)23-17(2)20-11-7-8-12-21(20)26-18(23)3/h4-12,16H,13-15H2,1-3H3,(H,25,27)/t16-/m1/s1. The third kappa shape index (κ3) is 5.19. The van der Waals surface area contributed by atoms with Crippen LogP contribution in [0.5, 0.6) is 0 Å². The molecule has 0 spiro atoms. The van der Waals surface area contributed by atoms with Crippen LogP contribution in [-0.4, -0.2) is 29.5 Å². The van der Waals surface area contributed by atoms with E-state index in [4.69, 9.17) is 4.74 Å². The molecule has 150 valence electrons. The molecule has 0 aliphatic carbocycles. The van der Waals surface area contributed by atoms with E-state index in [2.05, 4.69) is 22.4 Å². The summed E-state index contributed by atoms with van der Waals surface area (Å²) in [5, 5.41) is 3.79. The van der Waals surface area contributed by atoms with Gasteiger partial charge in [0.2, 0.25) is 0 Å². The molecule has 1 amide bonds. The summed E-state index contributed by atoms with van der Waals surface area (Å²) >= 11 is 0. The summed E-state index contributed by atoms with van der Waals surface area (Å²) in [7, 11) is 0. The maximum atomic E-state index is 12.6. The molecule has 0 aliphatic heterocycles. The number of hydrogen-bond acceptors (Lipinski definition) is 4. The first-order chi connectivity index (χ1) is 14.0. The van der Waals surface area contributed by atoms with Crippen molar-refractivity contribution < 1.29 is 14.3 Å². The van der Waals surface area contributed by atoms with Crippen LogP contribution in [0.15, 0.2) is 54.6 Å². The number of fused-ring (bicyclic) bond motifs is 1. The van der Waals surface area contributed by atoms with Crippen molar-refractivity contribution in [1.82, 2.24) is 10.3 Å². The first-order valence-electron chi connectivity index (χ1n) is 9.82. The smallest absolute Gasteiger partial charge is 0.340 e. The van der Waals surface area contributed by atoms with Crippen molar-refractivity contribution in [1.29, 1.82) is 0 Å². The number of pyridine rings is 1. The van der Waals surface area contributed by atoms with Gasteiger partial charge in [-0.05, 0) is 50.8 Å². The highest BCUT2D eigenvalue weighted by atomic mass is 16.5. The topological polar surface area (TPSA) is 68.3 Å². The van der Waals surface area contributed by atoms with Gasteiger partial charge >= 0.3 is 5.97 Å². The predicted molar refractivity (Wildman–Crippen MR) is 114 cm³/mol. The number of aryl methyl sites for hydroxylation is 3. The molecular weight excluding hydrogens is 364 g/mol. The minimum atomic E-state index is -0.523. The molecule has 0 saturated carbocycles. The van der Waals surface area contributed by atoms with E-state index in [9.17, 15) is 9.59 Å². The average Bonchev–Trinajstić information content (AvgIpc) is 2.71. The lowest BCUT2D eigenvalue weighted by Crippen LogP contribution is -2.36. The summed E-state index contributed by atoms with van der Waals surface area (Å²) in [6.45, 7) is 5.30. The number of ether oxygens (including phenoxy) is 1. The number of nitrogens with zero attached hydrogens (tertiary/aromatic N) is 1. The van der Waals surface area contributed by atoms with Gasteiger partial charge < -0.3 is 10.1 Å². The maximum absolute atomic E-state index is 12.6. The van der Waals surface area contributed by atoms with Crippen LogP contribution in [-0.2, 0) is 16.0 Å². The van der Waals surface area contributed by atoms with Gasteiger partial charge in [0.1, 0.15) is 0 Å². The highest BCUT2D eigenvalue weighted by molar-refractivity contribution is 5.99. The third-order valence-corrected chi connectivity index (χ3v) is 4.99. The molecule has 1 heterocycles. The molecule has 0 radical (unpaired) electrons. The molecule has 3 aromatic rings. The van der Waals surface area contributed by atoms with Gasteiger partial charge in [-0.3, -0.25) is 9.78 Å². The fourth-order valence-electron chi connectivity index (χ4n) is 3.45. The van der Waals surface area contributed by atoms with E-state index in [1.807, 2.05) is 56.3 Å². The Morgan fingerprint density at radius 2 is 1.72 bits per heavy atom. The Hall–Kier alpha value is -3.21. The number of amides is 1. The van der Waals surface area contributed by atoms with Gasteiger partial charge in [0, 0.05) is 11.4 Å². The lowest BCUT2D eigenvalue weighted by Gasteiger charge is -2.15. The molecule has 3 rings (SSSR count). The number of nitrogens with one attached hydrogen (secondary N) is 1. The second-order valence-electron chi connectivity index (χ2n) is 7.28. The molecule has 5 nitrogen and oxygen atoms in total. The highest BCUT2D eigenvalue weighted by Gasteiger charge is 2.19. The Morgan fingerprint density at radius 3 is 2.48 bits per heavy atom. The molecule has 29 heavy (non-hydrogen) atoms. The molecular formula is C24H26N2O3. The highest BCUT2D eigenvalue weighted by Crippen LogP contribution is 2.23. The Morgan fingerprint density at radius 1 is 1.03 bits per heavy atom. The number of benzene rings is 2. The minimum absolute atomic E-state index is 0.00721. The monoisotopic (exact) mass is 390 g/mol. The van der Waals surface area contributed by atoms with Crippen LogP contribution in [0.2, 0.25) is 0 Å². The van der Waals surface area contributed by atoms with Crippen LogP contribution in [0, 0.1) is 13.8 Å². The van der Waals surface area contributed by atoms with Crippen molar-refractivity contribution in [3.8, 4) is 0 Å². The van der Waals surface area contributed by atoms with Crippen LogP contribution in [0.25, 0.3) is 10.9 Å². The Balaban J connectivity index is 1.55. The summed E-state index contributed by atoms with van der Waals surface area (Å²) < 4.78 is 5.27. The van der Waals surface area contributed by atoms with Crippen molar-refractivity contribution in [2.45, 2.75) is 39.7 Å². The van der Waals surface area contributed by atoms with Crippen molar-refractivity contribution in [3.63, 3.8) is 0 Å². The zero-order valence-corrected chi connectivity index (χ0v) is 17.1. The normalized spacial score (nSPS) is 11.8. The summed E-state index contributed by atoms with van der Waals surface area (Å²) in [4.78, 5) is 29.3. The fraction of sp³-hybridized carbons (Fsp3) is 0.292. The molecule has 0 unspecified atom stereocenters. The molecule has 1 N–H and O–H groups in total. The van der Waals surface area contributed by atoms with E-state index >= 15 is 0 Å². The molecule has 0 fully saturated rings. The SMILES string of the molecule is Cc1nc2ccccc2c(C)c1C(=O)OCC(=O)N[C@H](C)CCc1ccccc1. The van der Waals surface area contributed by atoms with Crippen LogP contribution >= 0.6 is 0 Å². The fourth-order valence-corrected chi connectivity index (χ4v) is 3.45. The number of carbonyl (C=O) groups is 2. The summed E-state index contributed by atoms with van der Waals surface area (Å²) in [5.74, 6) is -0.826. The van der Waals surface area contributed by atoms with Gasteiger partial charge in [0.15, 0.2) is 6.61 Å². The van der Waals surface area contributed by atoms with Crippen LogP contribution in [0.1, 0.15) is 40.5 Å². The van der Waals surface area contributed by atoms with E-state index in [1.54, 1.807) is 6.92 Å². The first kappa shape index (κ1) is 20.5. The van der Waals surface area contributed by atoms with Gasteiger partial charge in [0.05, 0.1) is 16.8 Å². The number of para-hydroxylation sites is 1. The molecule has 1 aromatic heterocycles. The number of rotatable bonds is 7. The summed E-state index contributed by atoms with van der Waals surface area (Å²) in [5.41, 5.74) is 3.91. The number of hydrogen-bond donors (Lipinski definition) is 1. The van der Waals surface area contributed by atoms with Crippen molar-refractivity contribution in [2.24, 2.45) is 0 Å². The van der Waals surface area contributed by atoms with Gasteiger partial charge in [0.25, 0.3) is 5.91 Å². The van der Waals surface area contributed by atoms with Crippen LogP contribution in [0.4, 0.5) is 0 Å². The summed E-state index contributed by atoms with van der Waals surface area (Å²) in [6.07, 6.45) is 1.69. The lowest BCUT2D eigenvalue weighted by atomic mass is 10.0. The molecule has 1 atom stereocenters. The second kappa shape index (κ2) is 9.32. The quantitative estimate of drug-likeness (QED) is 0.616. The minimum Gasteiger partial charge on any atom is -0.452 e. The molecule has 0 bridgehead atoms. The van der Waals surface area contributed by atoms with Gasteiger partial charge in [-0.2, -0.15) is 0 Å². The largest absolute Gasteiger partial charge is 0.452 e. The van der Waals surface area contributed by atoms with Gasteiger partial charge in [-0.1, -0.05) is 48.5 Å². The first-order valence-corrected chi connectivity index (χ1v) is 9.82. The summed E-state index contributed by atoms with van der Waals surface area (Å²) in [6, 6.07) is 17.8. The molecule has 5 heteroatoms. The Kier molecular flexibility index (Phi) is 6.60. The zero-order valence-electron chi connectivity index (χ0n) is 17.1. The van der Waals surface area contributed by atoms with E-state index in [1.165, 1.54) is 5.56 Å². The van der Waals surface area contributed by atoms with E-state index in [0.29, 0.717) is 11.3 Å². The number of esters is 1. The van der Waals surface area contributed by atoms with Crippen molar-refractivity contribution in [3.05, 3.63) is 77.0 Å². The molecule has 0 saturated heterocycles. The molecule has 0 aliphatic rings. The Labute approximate surface area is 171 Å². The lowest BCUT2D eigenvalue weighted by molar-refractivity contribution is -0.124. The van der Waals surface area contributed by atoms with Gasteiger partial charge in [-0.25, -0.2) is 4.79 Å². The third-order valence-electron chi connectivity index (χ3n) is 4.99. The predicted octanol–water partition coefficient (Wildman–Crippen LogP) is 4.15. The van der Waals surface area contributed by atoms with Crippen molar-refractivity contribution in [2.75, 3.05) is 6.61 Å². The zero-order chi connectivity index (χ0) is 20.8. The van der Waals surface area contributed by atoms with E-state index in [0.717, 1.165) is 29.3 Å². The van der Waals surface area contributed by atoms with E-state index < -0.39 is 5.97 Å². The van der Waals surface area contributed by atoms with Crippen LogP contribution < -0.4 is 5.32 Å². The van der Waals surface area contributed by atoms with Crippen molar-refractivity contribution >= 4 is 22.8 Å². The van der Waals surface area contributed by atoms with Gasteiger partial charge in [-0.15, -0.1) is 0 Å². The number of aromatic nitrogens is 1. The second-order valence-corrected chi connectivity index (χ2v) is 7.28. The Bertz CT molecular complexity index is 1020. The molecule has 2 aromatic carbocycles. The van der Waals surface area contributed by atoms with Crippen LogP contribution in [0.3, 0.4) is 0 Å². The average molecular weight is 390 g/mol.